The third-order valence-electron chi connectivity index (χ3n) is 1.85. The normalized spacial score (nSPS) is 10.2. The zero-order valence-corrected chi connectivity index (χ0v) is 7.49. The summed E-state index contributed by atoms with van der Waals surface area (Å²) < 4.78 is 1.82. The zero-order chi connectivity index (χ0) is 9.26. The van der Waals surface area contributed by atoms with Gasteiger partial charge in [0.2, 0.25) is 0 Å². The second kappa shape index (κ2) is 3.08. The van der Waals surface area contributed by atoms with E-state index >= 15 is 0 Å². The number of hydrogen-bond donors (Lipinski definition) is 0. The Morgan fingerprint density at radius 3 is 3.08 bits per heavy atom. The van der Waals surface area contributed by atoms with Crippen molar-refractivity contribution in [3.63, 3.8) is 0 Å². The van der Waals surface area contributed by atoms with Gasteiger partial charge in [0.25, 0.3) is 0 Å². The maximum Gasteiger partial charge on any atom is 0.136 e. The summed E-state index contributed by atoms with van der Waals surface area (Å²) >= 11 is 5.70. The zero-order valence-electron chi connectivity index (χ0n) is 6.74. The van der Waals surface area contributed by atoms with E-state index in [4.69, 9.17) is 16.9 Å². The highest BCUT2D eigenvalue weighted by Crippen LogP contribution is 2.10. The molecule has 0 unspecified atom stereocenters. The molecule has 2 heterocycles. The van der Waals surface area contributed by atoms with Crippen molar-refractivity contribution < 1.29 is 0 Å². The first-order valence-corrected chi connectivity index (χ1v) is 4.30. The molecule has 0 aliphatic rings. The smallest absolute Gasteiger partial charge is 0.136 e. The Labute approximate surface area is 80.2 Å². The minimum absolute atomic E-state index is 0.399. The van der Waals surface area contributed by atoms with Crippen molar-refractivity contribution in [2.24, 2.45) is 0 Å². The lowest BCUT2D eigenvalue weighted by atomic mass is 10.3. The van der Waals surface area contributed by atoms with Crippen molar-refractivity contribution in [3.8, 4) is 6.07 Å². The monoisotopic (exact) mass is 191 g/mol. The first kappa shape index (κ1) is 8.09. The quantitative estimate of drug-likeness (QED) is 0.647. The second-order valence-electron chi connectivity index (χ2n) is 2.64. The number of alkyl halides is 1. The van der Waals surface area contributed by atoms with E-state index < -0.39 is 0 Å². The van der Waals surface area contributed by atoms with E-state index in [2.05, 4.69) is 11.1 Å². The van der Waals surface area contributed by atoms with Gasteiger partial charge >= 0.3 is 0 Å². The number of nitrogens with zero attached hydrogens (tertiary/aromatic N) is 3. The Hall–Kier alpha value is -1.53. The molecule has 0 bridgehead atoms. The molecule has 0 amide bonds. The van der Waals surface area contributed by atoms with Crippen molar-refractivity contribution in [1.82, 2.24) is 9.38 Å². The Balaban J connectivity index is 2.73. The van der Waals surface area contributed by atoms with Crippen molar-refractivity contribution in [3.05, 3.63) is 35.8 Å². The molecule has 0 atom stereocenters. The number of nitriles is 1. The summed E-state index contributed by atoms with van der Waals surface area (Å²) in [6, 6.07) is 5.61. The van der Waals surface area contributed by atoms with Gasteiger partial charge in [0.05, 0.1) is 23.3 Å². The first-order chi connectivity index (χ1) is 6.35. The Bertz CT molecular complexity index is 481. The van der Waals surface area contributed by atoms with Gasteiger partial charge in [0.15, 0.2) is 0 Å². The highest BCUT2D eigenvalue weighted by Gasteiger charge is 2.01. The minimum Gasteiger partial charge on any atom is -0.302 e. The molecule has 2 aromatic heterocycles. The number of fused-ring (bicyclic) bond motifs is 1. The van der Waals surface area contributed by atoms with Crippen molar-refractivity contribution in [1.29, 1.82) is 5.26 Å². The molecule has 0 saturated carbocycles. The fraction of sp³-hybridized carbons (Fsp3) is 0.111. The van der Waals surface area contributed by atoms with Gasteiger partial charge in [-0.1, -0.05) is 0 Å². The number of halogens is 1. The molecule has 0 spiro atoms. The van der Waals surface area contributed by atoms with Crippen LogP contribution >= 0.6 is 11.6 Å². The van der Waals surface area contributed by atoms with Gasteiger partial charge in [-0.2, -0.15) is 5.26 Å². The van der Waals surface area contributed by atoms with E-state index in [0.29, 0.717) is 11.4 Å². The highest BCUT2D eigenvalue weighted by molar-refractivity contribution is 6.16. The number of pyridine rings is 1. The molecular weight excluding hydrogens is 186 g/mol. The molecule has 3 nitrogen and oxygen atoms in total. The predicted molar refractivity (Wildman–Crippen MR) is 49.5 cm³/mol. The largest absolute Gasteiger partial charge is 0.302 e. The lowest BCUT2D eigenvalue weighted by Crippen LogP contribution is -1.90. The van der Waals surface area contributed by atoms with Crippen LogP contribution in [0, 0.1) is 11.3 Å². The van der Waals surface area contributed by atoms with Crippen LogP contribution in [0.25, 0.3) is 5.65 Å². The summed E-state index contributed by atoms with van der Waals surface area (Å²) in [5.74, 6) is 0.399. The fourth-order valence-corrected chi connectivity index (χ4v) is 1.39. The molecule has 64 valence electrons. The summed E-state index contributed by atoms with van der Waals surface area (Å²) in [6.45, 7) is 0. The molecular formula is C9H6ClN3. The maximum absolute atomic E-state index is 8.68. The number of hydrogen-bond acceptors (Lipinski definition) is 2. The summed E-state index contributed by atoms with van der Waals surface area (Å²) in [7, 11) is 0. The summed E-state index contributed by atoms with van der Waals surface area (Å²) in [5, 5.41) is 8.68. The lowest BCUT2D eigenvalue weighted by Gasteiger charge is -1.96. The molecule has 0 saturated heterocycles. The molecule has 0 aliphatic heterocycles. The Morgan fingerprint density at radius 2 is 2.38 bits per heavy atom. The molecule has 4 heteroatoms. The van der Waals surface area contributed by atoms with Crippen LogP contribution in [0.4, 0.5) is 0 Å². The van der Waals surface area contributed by atoms with Gasteiger partial charge in [-0.3, -0.25) is 0 Å². The van der Waals surface area contributed by atoms with Crippen molar-refractivity contribution >= 4 is 17.2 Å². The van der Waals surface area contributed by atoms with Crippen LogP contribution in [0.1, 0.15) is 11.3 Å². The molecule has 2 aromatic rings. The topological polar surface area (TPSA) is 41.1 Å². The van der Waals surface area contributed by atoms with Gasteiger partial charge in [0, 0.05) is 6.20 Å². The van der Waals surface area contributed by atoms with Crippen molar-refractivity contribution in [2.45, 2.75) is 5.88 Å². The minimum atomic E-state index is 0.399. The van der Waals surface area contributed by atoms with E-state index in [1.807, 2.05) is 4.40 Å². The fourth-order valence-electron chi connectivity index (χ4n) is 1.20. The third kappa shape index (κ3) is 1.25. The number of aromatic nitrogens is 2. The Morgan fingerprint density at radius 1 is 1.54 bits per heavy atom. The molecule has 0 radical (unpaired) electrons. The van der Waals surface area contributed by atoms with E-state index in [0.717, 1.165) is 11.3 Å². The first-order valence-electron chi connectivity index (χ1n) is 3.77. The van der Waals surface area contributed by atoms with Gasteiger partial charge < -0.3 is 4.40 Å². The molecule has 0 fully saturated rings. The van der Waals surface area contributed by atoms with Crippen LogP contribution in [0.3, 0.4) is 0 Å². The van der Waals surface area contributed by atoms with Crippen molar-refractivity contribution in [2.75, 3.05) is 0 Å². The predicted octanol–water partition coefficient (Wildman–Crippen LogP) is 1.94. The van der Waals surface area contributed by atoms with Gasteiger partial charge in [-0.15, -0.1) is 11.6 Å². The lowest BCUT2D eigenvalue weighted by molar-refractivity contribution is 1.08. The van der Waals surface area contributed by atoms with Crippen LogP contribution in [-0.4, -0.2) is 9.38 Å². The molecule has 0 aromatic carbocycles. The Kier molecular flexibility index (Phi) is 1.91. The molecule has 2 rings (SSSR count). The molecule has 0 N–H and O–H groups in total. The van der Waals surface area contributed by atoms with E-state index in [1.54, 1.807) is 24.5 Å². The summed E-state index contributed by atoms with van der Waals surface area (Å²) in [5.41, 5.74) is 2.32. The SMILES string of the molecule is N#Cc1ccc2ncc(CCl)n2c1. The van der Waals surface area contributed by atoms with E-state index in [9.17, 15) is 0 Å². The van der Waals surface area contributed by atoms with Gasteiger partial charge in [-0.05, 0) is 12.1 Å². The number of rotatable bonds is 1. The molecule has 13 heavy (non-hydrogen) atoms. The average molecular weight is 192 g/mol. The summed E-state index contributed by atoms with van der Waals surface area (Å²) in [6.07, 6.45) is 3.45. The number of imidazole rings is 1. The van der Waals surface area contributed by atoms with Crippen LogP contribution in [-0.2, 0) is 5.88 Å². The van der Waals surface area contributed by atoms with Gasteiger partial charge in [0.1, 0.15) is 11.7 Å². The standard InChI is InChI=1S/C9H6ClN3/c10-3-8-5-12-9-2-1-7(4-11)6-13(8)9/h1-2,5-6H,3H2. The third-order valence-corrected chi connectivity index (χ3v) is 2.12. The summed E-state index contributed by atoms with van der Waals surface area (Å²) in [4.78, 5) is 4.13. The van der Waals surface area contributed by atoms with E-state index in [-0.39, 0.29) is 0 Å². The van der Waals surface area contributed by atoms with Crippen LogP contribution in [0.2, 0.25) is 0 Å². The van der Waals surface area contributed by atoms with Crippen LogP contribution in [0.15, 0.2) is 24.5 Å². The van der Waals surface area contributed by atoms with Crippen LogP contribution < -0.4 is 0 Å². The average Bonchev–Trinajstić information content (AvgIpc) is 2.59. The second-order valence-corrected chi connectivity index (χ2v) is 2.91. The maximum atomic E-state index is 8.68. The molecule has 0 aliphatic carbocycles. The van der Waals surface area contributed by atoms with Gasteiger partial charge in [-0.25, -0.2) is 4.98 Å². The van der Waals surface area contributed by atoms with E-state index in [1.165, 1.54) is 0 Å². The highest BCUT2D eigenvalue weighted by atomic mass is 35.5. The van der Waals surface area contributed by atoms with Crippen LogP contribution in [0.5, 0.6) is 0 Å².